The molecule has 0 bridgehead atoms. The van der Waals surface area contributed by atoms with Crippen LogP contribution in [0.2, 0.25) is 0 Å². The lowest BCUT2D eigenvalue weighted by Gasteiger charge is -2.64. The van der Waals surface area contributed by atoms with Crippen molar-refractivity contribution in [2.24, 2.45) is 46.8 Å². The smallest absolute Gasteiger partial charge is 0.102 e. The van der Waals surface area contributed by atoms with E-state index in [0.717, 1.165) is 43.4 Å². The van der Waals surface area contributed by atoms with E-state index in [1.54, 1.807) is 24.2 Å². The summed E-state index contributed by atoms with van der Waals surface area (Å²) in [6, 6.07) is 2.15. The van der Waals surface area contributed by atoms with E-state index < -0.39 is 11.2 Å². The number of ether oxygens (including phenoxy) is 1. The lowest BCUT2D eigenvalue weighted by molar-refractivity contribution is -0.187. The first-order valence-corrected chi connectivity index (χ1v) is 14.0. The van der Waals surface area contributed by atoms with Crippen LogP contribution in [-0.4, -0.2) is 44.9 Å². The van der Waals surface area contributed by atoms with E-state index >= 15 is 0 Å². The minimum absolute atomic E-state index is 0.117. The number of nitrogens with zero attached hydrogens (tertiary/aromatic N) is 3. The van der Waals surface area contributed by atoms with Gasteiger partial charge in [0.2, 0.25) is 0 Å². The maximum atomic E-state index is 11.9. The van der Waals surface area contributed by atoms with Crippen LogP contribution in [0.3, 0.4) is 0 Å². The summed E-state index contributed by atoms with van der Waals surface area (Å²) < 4.78 is 7.13. The standard InChI is InChI=1S/C29H45N3O3/c1-19-5-8-25(28(3,33)17-32-16-20(14-30)15-31-32)27(2)11-9-23-22-10-12-29(34,18-35-4)13-21(22)6-7-24(23)26(19)27/h15-16,19,21-26,33-34H,5-13,17-18H2,1-4H3/t19-,21-,22+,23-,24-,25+,26+,27-,28?,29-/m1/s1. The Hall–Kier alpha value is -1.42. The highest BCUT2D eigenvalue weighted by Crippen LogP contribution is 2.66. The number of methoxy groups -OCH3 is 1. The van der Waals surface area contributed by atoms with E-state index in [-0.39, 0.29) is 11.3 Å². The molecule has 4 fully saturated rings. The molecule has 4 aliphatic rings. The van der Waals surface area contributed by atoms with Gasteiger partial charge < -0.3 is 14.9 Å². The molecule has 1 unspecified atom stereocenters. The first-order valence-electron chi connectivity index (χ1n) is 14.0. The van der Waals surface area contributed by atoms with Gasteiger partial charge in [-0.1, -0.05) is 20.3 Å². The minimum Gasteiger partial charge on any atom is -0.388 e. The monoisotopic (exact) mass is 483 g/mol. The summed E-state index contributed by atoms with van der Waals surface area (Å²) in [4.78, 5) is 0. The third kappa shape index (κ3) is 4.36. The van der Waals surface area contributed by atoms with Crippen LogP contribution >= 0.6 is 0 Å². The Morgan fingerprint density at radius 1 is 1.17 bits per heavy atom. The van der Waals surface area contributed by atoms with Crippen LogP contribution in [0.5, 0.6) is 0 Å². The molecule has 2 N–H and O–H groups in total. The second-order valence-corrected chi connectivity index (χ2v) is 13.3. The molecule has 1 heterocycles. The van der Waals surface area contributed by atoms with Gasteiger partial charge in [-0.05, 0) is 105 Å². The van der Waals surface area contributed by atoms with Gasteiger partial charge in [0.05, 0.1) is 36.1 Å². The molecule has 4 saturated carbocycles. The molecule has 35 heavy (non-hydrogen) atoms. The Bertz CT molecular complexity index is 953. The molecule has 0 spiro atoms. The first kappa shape index (κ1) is 25.2. The molecule has 0 saturated heterocycles. The zero-order valence-corrected chi connectivity index (χ0v) is 22.1. The number of aromatic nitrogens is 2. The molecule has 0 amide bonds. The molecule has 6 heteroatoms. The summed E-state index contributed by atoms with van der Waals surface area (Å²) in [5.74, 6) is 4.39. The van der Waals surface area contributed by atoms with Crippen molar-refractivity contribution >= 4 is 0 Å². The number of fused-ring (bicyclic) bond motifs is 5. The highest BCUT2D eigenvalue weighted by atomic mass is 16.5. The lowest BCUT2D eigenvalue weighted by Crippen LogP contribution is -2.60. The molecule has 6 nitrogen and oxygen atoms in total. The highest BCUT2D eigenvalue weighted by Gasteiger charge is 2.60. The number of nitriles is 1. The van der Waals surface area contributed by atoms with E-state index in [0.29, 0.717) is 36.5 Å². The fraction of sp³-hybridized carbons (Fsp3) is 0.862. The van der Waals surface area contributed by atoms with E-state index in [2.05, 4.69) is 25.0 Å². The maximum Gasteiger partial charge on any atom is 0.102 e. The molecule has 1 aromatic heterocycles. The summed E-state index contributed by atoms with van der Waals surface area (Å²) in [5, 5.41) is 36.5. The van der Waals surface area contributed by atoms with Crippen molar-refractivity contribution < 1.29 is 14.9 Å². The van der Waals surface area contributed by atoms with Crippen LogP contribution in [0.4, 0.5) is 0 Å². The average Bonchev–Trinajstić information content (AvgIpc) is 3.24. The van der Waals surface area contributed by atoms with Crippen LogP contribution in [0.1, 0.15) is 84.1 Å². The van der Waals surface area contributed by atoms with Gasteiger partial charge >= 0.3 is 0 Å². The summed E-state index contributed by atoms with van der Waals surface area (Å²) in [7, 11) is 1.70. The van der Waals surface area contributed by atoms with Crippen molar-refractivity contribution in [2.75, 3.05) is 13.7 Å². The second kappa shape index (κ2) is 9.15. The number of aliphatic hydroxyl groups is 2. The molecule has 10 atom stereocenters. The van der Waals surface area contributed by atoms with Crippen LogP contribution in [0.15, 0.2) is 12.4 Å². The topological polar surface area (TPSA) is 91.3 Å². The third-order valence-corrected chi connectivity index (χ3v) is 11.1. The Morgan fingerprint density at radius 3 is 2.66 bits per heavy atom. The SMILES string of the molecule is COC[C@@]1(O)CC[C@H]2[C@H](CC[C@@H]3[C@@H]2CC[C@@]2(C)[C@H]3[C@H](C)CC[C@@H]2C(C)(O)Cn2cc(C#N)cn2)C1. The summed E-state index contributed by atoms with van der Waals surface area (Å²) >= 11 is 0. The van der Waals surface area contributed by atoms with Crippen molar-refractivity contribution in [3.05, 3.63) is 18.0 Å². The van der Waals surface area contributed by atoms with Gasteiger partial charge in [0.15, 0.2) is 0 Å². The molecular weight excluding hydrogens is 438 g/mol. The molecule has 194 valence electrons. The first-order chi connectivity index (χ1) is 16.6. The van der Waals surface area contributed by atoms with Crippen LogP contribution in [-0.2, 0) is 11.3 Å². The molecule has 1 aromatic rings. The summed E-state index contributed by atoms with van der Waals surface area (Å²) in [6.07, 6.45) is 13.4. The molecular formula is C29H45N3O3. The number of rotatable bonds is 5. The number of hydrogen-bond donors (Lipinski definition) is 2. The van der Waals surface area contributed by atoms with Gasteiger partial charge in [0.1, 0.15) is 6.07 Å². The van der Waals surface area contributed by atoms with Gasteiger partial charge in [0.25, 0.3) is 0 Å². The highest BCUT2D eigenvalue weighted by molar-refractivity contribution is 5.21. The van der Waals surface area contributed by atoms with Crippen molar-refractivity contribution in [3.63, 3.8) is 0 Å². The quantitative estimate of drug-likeness (QED) is 0.628. The zero-order valence-electron chi connectivity index (χ0n) is 22.1. The van der Waals surface area contributed by atoms with Crippen molar-refractivity contribution in [2.45, 2.75) is 96.3 Å². The maximum absolute atomic E-state index is 11.9. The molecule has 4 aliphatic carbocycles. The van der Waals surface area contributed by atoms with Crippen molar-refractivity contribution in [1.29, 1.82) is 5.26 Å². The lowest BCUT2D eigenvalue weighted by atomic mass is 9.41. The van der Waals surface area contributed by atoms with E-state index in [9.17, 15) is 15.5 Å². The fourth-order valence-electron chi connectivity index (χ4n) is 10.0. The normalized spacial score (nSPS) is 44.9. The van der Waals surface area contributed by atoms with E-state index in [4.69, 9.17) is 4.74 Å². The van der Waals surface area contributed by atoms with E-state index in [1.165, 1.54) is 32.1 Å². The summed E-state index contributed by atoms with van der Waals surface area (Å²) in [5.41, 5.74) is -0.834. The second-order valence-electron chi connectivity index (χ2n) is 13.3. The predicted octanol–water partition coefficient (Wildman–Crippen LogP) is 4.79. The molecule has 0 aromatic carbocycles. The zero-order chi connectivity index (χ0) is 25.0. The Balaban J connectivity index is 1.36. The van der Waals surface area contributed by atoms with Crippen molar-refractivity contribution in [3.8, 4) is 6.07 Å². The minimum atomic E-state index is -0.864. The Kier molecular flexibility index (Phi) is 6.60. The van der Waals surface area contributed by atoms with Gasteiger partial charge in [-0.2, -0.15) is 10.4 Å². The summed E-state index contributed by atoms with van der Waals surface area (Å²) in [6.45, 7) is 7.85. The van der Waals surface area contributed by atoms with Crippen LogP contribution in [0.25, 0.3) is 0 Å². The molecule has 5 rings (SSSR count). The fourth-order valence-corrected chi connectivity index (χ4v) is 10.0. The van der Waals surface area contributed by atoms with E-state index in [1.807, 2.05) is 6.92 Å². The molecule has 0 radical (unpaired) electrons. The third-order valence-electron chi connectivity index (χ3n) is 11.1. The Labute approximate surface area is 211 Å². The average molecular weight is 484 g/mol. The van der Waals surface area contributed by atoms with Gasteiger partial charge in [-0.15, -0.1) is 0 Å². The van der Waals surface area contributed by atoms with Crippen LogP contribution < -0.4 is 0 Å². The van der Waals surface area contributed by atoms with Gasteiger partial charge in [0, 0.05) is 13.3 Å². The van der Waals surface area contributed by atoms with Crippen molar-refractivity contribution in [1.82, 2.24) is 9.78 Å². The van der Waals surface area contributed by atoms with Gasteiger partial charge in [-0.3, -0.25) is 4.68 Å². The van der Waals surface area contributed by atoms with Gasteiger partial charge in [-0.25, -0.2) is 0 Å². The molecule has 0 aliphatic heterocycles. The Morgan fingerprint density at radius 2 is 1.94 bits per heavy atom. The largest absolute Gasteiger partial charge is 0.388 e. The number of hydrogen-bond acceptors (Lipinski definition) is 5. The predicted molar refractivity (Wildman–Crippen MR) is 134 cm³/mol. The van der Waals surface area contributed by atoms with Crippen LogP contribution in [0, 0.1) is 58.2 Å².